The molecular weight excluding hydrogens is 190 g/mol. The van der Waals surface area contributed by atoms with E-state index in [2.05, 4.69) is 18.9 Å². The monoisotopic (exact) mass is 211 g/mol. The predicted octanol–water partition coefficient (Wildman–Crippen LogP) is 1.45. The number of rotatable bonds is 6. The molecule has 86 valence electrons. The lowest BCUT2D eigenvalue weighted by atomic mass is 9.96. The van der Waals surface area contributed by atoms with Crippen LogP contribution in [0.2, 0.25) is 0 Å². The molecule has 0 aliphatic heterocycles. The molecule has 0 aliphatic carbocycles. The first kappa shape index (κ1) is 12.2. The van der Waals surface area contributed by atoms with Crippen LogP contribution < -0.4 is 5.73 Å². The number of aromatic nitrogens is 2. The standard InChI is InChI=1S/C11H21N3O/c1-4-11(12,5-2)9-15-8-10-6-7-14(3)13-10/h6-7H,4-5,8-9,12H2,1-3H3. The van der Waals surface area contributed by atoms with Crippen LogP contribution in [0.15, 0.2) is 12.3 Å². The molecule has 1 heterocycles. The van der Waals surface area contributed by atoms with Crippen molar-refractivity contribution in [3.63, 3.8) is 0 Å². The van der Waals surface area contributed by atoms with Gasteiger partial charge in [0.2, 0.25) is 0 Å². The molecule has 4 nitrogen and oxygen atoms in total. The average Bonchev–Trinajstić information content (AvgIpc) is 2.64. The van der Waals surface area contributed by atoms with E-state index >= 15 is 0 Å². The Morgan fingerprint density at radius 1 is 1.47 bits per heavy atom. The van der Waals surface area contributed by atoms with Gasteiger partial charge in [-0.05, 0) is 18.9 Å². The molecule has 0 saturated heterocycles. The van der Waals surface area contributed by atoms with Gasteiger partial charge in [0.25, 0.3) is 0 Å². The number of hydrogen-bond acceptors (Lipinski definition) is 3. The van der Waals surface area contributed by atoms with Crippen LogP contribution in [0, 0.1) is 0 Å². The van der Waals surface area contributed by atoms with Crippen LogP contribution in [0.25, 0.3) is 0 Å². The van der Waals surface area contributed by atoms with Crippen molar-refractivity contribution in [1.82, 2.24) is 9.78 Å². The lowest BCUT2D eigenvalue weighted by molar-refractivity contribution is 0.0675. The number of hydrogen-bond donors (Lipinski definition) is 1. The van der Waals surface area contributed by atoms with Gasteiger partial charge in [0.05, 0.1) is 18.9 Å². The van der Waals surface area contributed by atoms with E-state index in [-0.39, 0.29) is 5.54 Å². The van der Waals surface area contributed by atoms with Gasteiger partial charge in [0, 0.05) is 18.8 Å². The molecule has 2 N–H and O–H groups in total. The molecule has 1 rings (SSSR count). The number of ether oxygens (including phenoxy) is 1. The van der Waals surface area contributed by atoms with Gasteiger partial charge in [-0.1, -0.05) is 13.8 Å². The van der Waals surface area contributed by atoms with Crippen molar-refractivity contribution in [3.05, 3.63) is 18.0 Å². The number of nitrogens with zero attached hydrogens (tertiary/aromatic N) is 2. The molecule has 0 saturated carbocycles. The molecule has 1 aromatic rings. The summed E-state index contributed by atoms with van der Waals surface area (Å²) in [6, 6.07) is 1.95. The van der Waals surface area contributed by atoms with Crippen LogP contribution in [-0.2, 0) is 18.4 Å². The Balaban J connectivity index is 2.32. The molecule has 0 bridgehead atoms. The third-order valence-corrected chi connectivity index (χ3v) is 2.82. The zero-order chi connectivity index (χ0) is 11.3. The average molecular weight is 211 g/mol. The zero-order valence-corrected chi connectivity index (χ0v) is 9.86. The summed E-state index contributed by atoms with van der Waals surface area (Å²) in [5, 5.41) is 4.23. The fraction of sp³-hybridized carbons (Fsp3) is 0.727. The molecular formula is C11H21N3O. The molecule has 0 atom stereocenters. The van der Waals surface area contributed by atoms with Crippen molar-refractivity contribution in [2.75, 3.05) is 6.61 Å². The lowest BCUT2D eigenvalue weighted by Crippen LogP contribution is -2.43. The lowest BCUT2D eigenvalue weighted by Gasteiger charge is -2.25. The molecule has 0 aliphatic rings. The fourth-order valence-electron chi connectivity index (χ4n) is 1.35. The van der Waals surface area contributed by atoms with E-state index in [1.807, 2.05) is 19.3 Å². The van der Waals surface area contributed by atoms with Crippen LogP contribution in [0.4, 0.5) is 0 Å². The van der Waals surface area contributed by atoms with Crippen molar-refractivity contribution in [2.24, 2.45) is 12.8 Å². The molecule has 15 heavy (non-hydrogen) atoms. The van der Waals surface area contributed by atoms with Crippen LogP contribution in [0.5, 0.6) is 0 Å². The summed E-state index contributed by atoms with van der Waals surface area (Å²) in [7, 11) is 1.90. The summed E-state index contributed by atoms with van der Waals surface area (Å²) in [6.07, 6.45) is 3.78. The van der Waals surface area contributed by atoms with Crippen molar-refractivity contribution < 1.29 is 4.74 Å². The summed E-state index contributed by atoms with van der Waals surface area (Å²) in [6.45, 7) is 5.32. The van der Waals surface area contributed by atoms with Crippen molar-refractivity contribution in [3.8, 4) is 0 Å². The predicted molar refractivity (Wildman–Crippen MR) is 60.4 cm³/mol. The SMILES string of the molecule is CCC(N)(CC)COCc1ccn(C)n1. The van der Waals surface area contributed by atoms with E-state index in [0.29, 0.717) is 13.2 Å². The minimum Gasteiger partial charge on any atom is -0.373 e. The van der Waals surface area contributed by atoms with E-state index in [0.717, 1.165) is 18.5 Å². The highest BCUT2D eigenvalue weighted by atomic mass is 16.5. The largest absolute Gasteiger partial charge is 0.373 e. The first-order valence-electron chi connectivity index (χ1n) is 5.45. The second-order valence-electron chi connectivity index (χ2n) is 4.04. The topological polar surface area (TPSA) is 53.1 Å². The maximum atomic E-state index is 6.12. The number of aryl methyl sites for hydroxylation is 1. The Labute approximate surface area is 91.4 Å². The second kappa shape index (κ2) is 5.28. The smallest absolute Gasteiger partial charge is 0.0907 e. The molecule has 0 spiro atoms. The highest BCUT2D eigenvalue weighted by Crippen LogP contribution is 2.12. The first-order valence-corrected chi connectivity index (χ1v) is 5.45. The molecule has 1 aromatic heterocycles. The molecule has 0 radical (unpaired) electrons. The van der Waals surface area contributed by atoms with Gasteiger partial charge in [-0.3, -0.25) is 4.68 Å². The first-order chi connectivity index (χ1) is 7.09. The van der Waals surface area contributed by atoms with Crippen molar-refractivity contribution in [2.45, 2.75) is 38.8 Å². The van der Waals surface area contributed by atoms with E-state index < -0.39 is 0 Å². The molecule has 0 aromatic carbocycles. The molecule has 0 fully saturated rings. The van der Waals surface area contributed by atoms with E-state index in [9.17, 15) is 0 Å². The van der Waals surface area contributed by atoms with Crippen LogP contribution >= 0.6 is 0 Å². The summed E-state index contributed by atoms with van der Waals surface area (Å²) in [5.74, 6) is 0. The van der Waals surface area contributed by atoms with Gasteiger partial charge in [-0.2, -0.15) is 5.10 Å². The van der Waals surface area contributed by atoms with E-state index in [1.54, 1.807) is 4.68 Å². The Kier molecular flexibility index (Phi) is 4.29. The van der Waals surface area contributed by atoms with E-state index in [1.165, 1.54) is 0 Å². The van der Waals surface area contributed by atoms with Gasteiger partial charge in [-0.25, -0.2) is 0 Å². The normalized spacial score (nSPS) is 12.0. The molecule has 0 unspecified atom stereocenters. The van der Waals surface area contributed by atoms with Gasteiger partial charge in [0.15, 0.2) is 0 Å². The Morgan fingerprint density at radius 3 is 2.60 bits per heavy atom. The minimum absolute atomic E-state index is 0.186. The highest BCUT2D eigenvalue weighted by Gasteiger charge is 2.20. The summed E-state index contributed by atoms with van der Waals surface area (Å²) in [5.41, 5.74) is 6.88. The second-order valence-corrected chi connectivity index (χ2v) is 4.04. The van der Waals surface area contributed by atoms with E-state index in [4.69, 9.17) is 10.5 Å². The Hall–Kier alpha value is -0.870. The minimum atomic E-state index is -0.186. The maximum Gasteiger partial charge on any atom is 0.0907 e. The van der Waals surface area contributed by atoms with Gasteiger partial charge in [-0.15, -0.1) is 0 Å². The zero-order valence-electron chi connectivity index (χ0n) is 9.86. The Bertz CT molecular complexity index is 292. The van der Waals surface area contributed by atoms with Crippen molar-refractivity contribution >= 4 is 0 Å². The van der Waals surface area contributed by atoms with Gasteiger partial charge < -0.3 is 10.5 Å². The van der Waals surface area contributed by atoms with Crippen LogP contribution in [0.1, 0.15) is 32.4 Å². The van der Waals surface area contributed by atoms with Gasteiger partial charge in [0.1, 0.15) is 0 Å². The molecule has 0 amide bonds. The summed E-state index contributed by atoms with van der Waals surface area (Å²) in [4.78, 5) is 0. The van der Waals surface area contributed by atoms with Crippen LogP contribution in [-0.4, -0.2) is 21.9 Å². The third-order valence-electron chi connectivity index (χ3n) is 2.82. The number of nitrogens with two attached hydrogens (primary N) is 1. The summed E-state index contributed by atoms with van der Waals surface area (Å²) < 4.78 is 7.35. The highest BCUT2D eigenvalue weighted by molar-refractivity contribution is 4.96. The van der Waals surface area contributed by atoms with Gasteiger partial charge >= 0.3 is 0 Å². The van der Waals surface area contributed by atoms with Crippen molar-refractivity contribution in [1.29, 1.82) is 0 Å². The Morgan fingerprint density at radius 2 is 2.13 bits per heavy atom. The quantitative estimate of drug-likeness (QED) is 0.775. The van der Waals surface area contributed by atoms with Crippen LogP contribution in [0.3, 0.4) is 0 Å². The fourth-order valence-corrected chi connectivity index (χ4v) is 1.35. The summed E-state index contributed by atoms with van der Waals surface area (Å²) >= 11 is 0. The third kappa shape index (κ3) is 3.64. The maximum absolute atomic E-state index is 6.12. The molecule has 4 heteroatoms.